The van der Waals surface area contributed by atoms with Gasteiger partial charge in [0, 0.05) is 44.1 Å². The standard InChI is InChI=1S/C18H26O6/c1-9(20)23-13-5-11(7-19)18-8-17(3,4)15(16(13)18)12(22)6-14(18)24-10(2)21/h11,13-16,19H,5-8H2,1-4H3/t11-,13+,14+,15-,16-,18-/m0/s1. The van der Waals surface area contributed by atoms with Gasteiger partial charge >= 0.3 is 11.9 Å². The fraction of sp³-hybridized carbons (Fsp3) is 0.833. The molecule has 0 aromatic carbocycles. The number of ether oxygens (including phenoxy) is 2. The van der Waals surface area contributed by atoms with Crippen molar-refractivity contribution in [3.05, 3.63) is 0 Å². The van der Waals surface area contributed by atoms with E-state index in [9.17, 15) is 19.5 Å². The minimum absolute atomic E-state index is 0.0664. The SMILES string of the molecule is CC(=O)O[C@@H]1C[C@@H](CO)[C@@]23CC(C)(C)[C@@H](C(=O)C[C@H]2OC(C)=O)[C@H]13. The third-order valence-electron chi connectivity index (χ3n) is 6.44. The highest BCUT2D eigenvalue weighted by molar-refractivity contribution is 5.85. The molecule has 1 N–H and O–H groups in total. The number of hydrogen-bond acceptors (Lipinski definition) is 6. The Balaban J connectivity index is 2.10. The van der Waals surface area contributed by atoms with Gasteiger partial charge < -0.3 is 14.6 Å². The second-order valence-corrected chi connectivity index (χ2v) is 8.31. The molecular weight excluding hydrogens is 312 g/mol. The molecule has 3 saturated carbocycles. The first-order chi connectivity index (χ1) is 11.1. The Morgan fingerprint density at radius 1 is 1.21 bits per heavy atom. The van der Waals surface area contributed by atoms with Crippen LogP contribution in [0.3, 0.4) is 0 Å². The van der Waals surface area contributed by atoms with E-state index in [0.717, 1.165) is 0 Å². The lowest BCUT2D eigenvalue weighted by molar-refractivity contribution is -0.172. The summed E-state index contributed by atoms with van der Waals surface area (Å²) >= 11 is 0. The lowest BCUT2D eigenvalue weighted by atomic mass is 9.63. The van der Waals surface area contributed by atoms with Crippen molar-refractivity contribution in [3.8, 4) is 0 Å². The topological polar surface area (TPSA) is 89.9 Å². The van der Waals surface area contributed by atoms with Gasteiger partial charge in [0.05, 0.1) is 0 Å². The summed E-state index contributed by atoms with van der Waals surface area (Å²) in [4.78, 5) is 36.0. The molecule has 3 fully saturated rings. The molecule has 0 aromatic heterocycles. The summed E-state index contributed by atoms with van der Waals surface area (Å²) in [6.07, 6.45) is 0.422. The quantitative estimate of drug-likeness (QED) is 0.784. The van der Waals surface area contributed by atoms with Crippen molar-refractivity contribution in [1.82, 2.24) is 0 Å². The van der Waals surface area contributed by atoms with Crippen LogP contribution in [0.5, 0.6) is 0 Å². The molecule has 0 aromatic rings. The third-order valence-corrected chi connectivity index (χ3v) is 6.44. The highest BCUT2D eigenvalue weighted by Crippen LogP contribution is 2.71. The molecule has 24 heavy (non-hydrogen) atoms. The lowest BCUT2D eigenvalue weighted by Crippen LogP contribution is -2.52. The second kappa shape index (κ2) is 5.55. The molecule has 2 bridgehead atoms. The monoisotopic (exact) mass is 338 g/mol. The fourth-order valence-corrected chi connectivity index (χ4v) is 6.10. The predicted molar refractivity (Wildman–Crippen MR) is 83.7 cm³/mol. The van der Waals surface area contributed by atoms with Crippen molar-refractivity contribution in [2.24, 2.45) is 28.6 Å². The maximum Gasteiger partial charge on any atom is 0.302 e. The van der Waals surface area contributed by atoms with Crippen LogP contribution in [0.2, 0.25) is 0 Å². The van der Waals surface area contributed by atoms with Gasteiger partial charge in [0.15, 0.2) is 0 Å². The molecule has 6 heteroatoms. The summed E-state index contributed by atoms with van der Waals surface area (Å²) in [5.41, 5.74) is -0.772. The second-order valence-electron chi connectivity index (χ2n) is 8.31. The van der Waals surface area contributed by atoms with Crippen LogP contribution >= 0.6 is 0 Å². The molecule has 0 unspecified atom stereocenters. The summed E-state index contributed by atoms with van der Waals surface area (Å²) in [6, 6.07) is 0. The Hall–Kier alpha value is -1.43. The Morgan fingerprint density at radius 2 is 1.83 bits per heavy atom. The van der Waals surface area contributed by atoms with E-state index in [0.29, 0.717) is 12.8 Å². The van der Waals surface area contributed by atoms with Crippen LogP contribution in [-0.2, 0) is 23.9 Å². The van der Waals surface area contributed by atoms with Gasteiger partial charge in [-0.2, -0.15) is 0 Å². The van der Waals surface area contributed by atoms with E-state index in [1.54, 1.807) is 0 Å². The zero-order valence-corrected chi connectivity index (χ0v) is 14.7. The van der Waals surface area contributed by atoms with Crippen molar-refractivity contribution in [3.63, 3.8) is 0 Å². The van der Waals surface area contributed by atoms with Crippen LogP contribution in [0.1, 0.15) is 47.0 Å². The fourth-order valence-electron chi connectivity index (χ4n) is 6.10. The zero-order chi connectivity index (χ0) is 17.9. The molecule has 134 valence electrons. The van der Waals surface area contributed by atoms with Gasteiger partial charge in [0.25, 0.3) is 0 Å². The van der Waals surface area contributed by atoms with Crippen molar-refractivity contribution in [2.45, 2.75) is 59.2 Å². The molecule has 0 radical (unpaired) electrons. The minimum Gasteiger partial charge on any atom is -0.462 e. The van der Waals surface area contributed by atoms with Crippen LogP contribution in [0.4, 0.5) is 0 Å². The molecular formula is C18H26O6. The predicted octanol–water partition coefficient (Wildman–Crippen LogP) is 1.48. The summed E-state index contributed by atoms with van der Waals surface area (Å²) in [5.74, 6) is -1.30. The summed E-state index contributed by atoms with van der Waals surface area (Å²) in [6.45, 7) is 6.73. The highest BCUT2D eigenvalue weighted by Gasteiger charge is 2.74. The summed E-state index contributed by atoms with van der Waals surface area (Å²) in [5, 5.41) is 9.99. The van der Waals surface area contributed by atoms with Gasteiger partial charge in [-0.25, -0.2) is 0 Å². The molecule has 6 nitrogen and oxygen atoms in total. The van der Waals surface area contributed by atoms with Crippen LogP contribution in [0.25, 0.3) is 0 Å². The number of ketones is 1. The molecule has 3 aliphatic carbocycles. The zero-order valence-electron chi connectivity index (χ0n) is 14.7. The number of aliphatic hydroxyl groups is 1. The molecule has 0 heterocycles. The van der Waals surface area contributed by atoms with Gasteiger partial charge in [-0.1, -0.05) is 13.8 Å². The van der Waals surface area contributed by atoms with E-state index in [1.807, 2.05) is 13.8 Å². The van der Waals surface area contributed by atoms with Gasteiger partial charge in [0.1, 0.15) is 18.0 Å². The summed E-state index contributed by atoms with van der Waals surface area (Å²) < 4.78 is 11.1. The smallest absolute Gasteiger partial charge is 0.302 e. The van der Waals surface area contributed by atoms with Crippen LogP contribution in [0, 0.1) is 28.6 Å². The van der Waals surface area contributed by atoms with Crippen LogP contribution in [-0.4, -0.2) is 41.6 Å². The number of hydrogen-bond donors (Lipinski definition) is 1. The Bertz CT molecular complexity index is 582. The Morgan fingerprint density at radius 3 is 2.38 bits per heavy atom. The van der Waals surface area contributed by atoms with E-state index in [4.69, 9.17) is 9.47 Å². The van der Waals surface area contributed by atoms with E-state index >= 15 is 0 Å². The maximum absolute atomic E-state index is 12.8. The Kier molecular flexibility index (Phi) is 4.02. The van der Waals surface area contributed by atoms with Gasteiger partial charge in [0.2, 0.25) is 0 Å². The highest BCUT2D eigenvalue weighted by atomic mass is 16.6. The first kappa shape index (κ1) is 17.4. The van der Waals surface area contributed by atoms with E-state index in [-0.39, 0.29) is 47.9 Å². The molecule has 6 atom stereocenters. The van der Waals surface area contributed by atoms with Crippen LogP contribution in [0.15, 0.2) is 0 Å². The number of aliphatic hydroxyl groups excluding tert-OH is 1. The average Bonchev–Trinajstić information content (AvgIpc) is 2.83. The van der Waals surface area contributed by atoms with Gasteiger partial charge in [-0.15, -0.1) is 0 Å². The van der Waals surface area contributed by atoms with E-state index in [2.05, 4.69) is 0 Å². The van der Waals surface area contributed by atoms with Crippen molar-refractivity contribution < 1.29 is 29.0 Å². The number of carbonyl (C=O) groups excluding carboxylic acids is 3. The van der Waals surface area contributed by atoms with Crippen molar-refractivity contribution in [1.29, 1.82) is 0 Å². The number of carbonyl (C=O) groups is 3. The molecule has 0 amide bonds. The minimum atomic E-state index is -0.553. The van der Waals surface area contributed by atoms with Gasteiger partial charge in [-0.3, -0.25) is 14.4 Å². The Labute approximate surface area is 141 Å². The number of rotatable bonds is 3. The van der Waals surface area contributed by atoms with Crippen LogP contribution < -0.4 is 0 Å². The molecule has 3 rings (SSSR count). The van der Waals surface area contributed by atoms with E-state index < -0.39 is 23.6 Å². The largest absolute Gasteiger partial charge is 0.462 e. The third kappa shape index (κ3) is 2.30. The van der Waals surface area contributed by atoms with Crippen molar-refractivity contribution >= 4 is 17.7 Å². The molecule has 0 saturated heterocycles. The van der Waals surface area contributed by atoms with E-state index in [1.165, 1.54) is 13.8 Å². The lowest BCUT2D eigenvalue weighted by Gasteiger charge is -2.45. The molecule has 0 spiro atoms. The molecule has 0 aliphatic heterocycles. The number of esters is 2. The first-order valence-corrected chi connectivity index (χ1v) is 8.61. The number of Topliss-reactive ketones (excluding diaryl/α,β-unsaturated/α-hetero) is 1. The summed E-state index contributed by atoms with van der Waals surface area (Å²) in [7, 11) is 0. The molecule has 3 aliphatic rings. The normalized spacial score (nSPS) is 42.5. The van der Waals surface area contributed by atoms with Gasteiger partial charge in [-0.05, 0) is 24.2 Å². The first-order valence-electron chi connectivity index (χ1n) is 8.61. The maximum atomic E-state index is 12.8. The van der Waals surface area contributed by atoms with Crippen molar-refractivity contribution in [2.75, 3.05) is 6.61 Å². The average molecular weight is 338 g/mol.